The van der Waals surface area contributed by atoms with E-state index in [-0.39, 0.29) is 28.2 Å². The Labute approximate surface area is 202 Å². The number of fused-ring (bicyclic) bond motifs is 2. The van der Waals surface area contributed by atoms with Crippen LogP contribution in [0.1, 0.15) is 81.4 Å². The number of aliphatic hydroxyl groups excluding tert-OH is 1. The number of hydrogen-bond donors (Lipinski definition) is 3. The highest BCUT2D eigenvalue weighted by Crippen LogP contribution is 2.50. The van der Waals surface area contributed by atoms with Crippen LogP contribution in [0, 0.1) is 6.92 Å². The van der Waals surface area contributed by atoms with E-state index in [9.17, 15) is 20.1 Å². The number of aromatic hydroxyl groups is 2. The molecule has 0 spiro atoms. The smallest absolute Gasteiger partial charge is 0.193 e. The lowest BCUT2D eigenvalue weighted by Crippen LogP contribution is -2.34. The van der Waals surface area contributed by atoms with E-state index < -0.39 is 11.2 Å². The summed E-state index contributed by atoms with van der Waals surface area (Å²) in [5.41, 5.74) is 5.12. The van der Waals surface area contributed by atoms with E-state index in [2.05, 4.69) is 18.2 Å². The summed E-state index contributed by atoms with van der Waals surface area (Å²) in [5, 5.41) is 34.4. The summed E-state index contributed by atoms with van der Waals surface area (Å²) in [6.45, 7) is 14.0. The lowest BCUT2D eigenvalue weighted by molar-refractivity contribution is 0.102. The number of rotatable bonds is 6. The molecule has 3 N–H and O–H groups in total. The van der Waals surface area contributed by atoms with Gasteiger partial charge in [0.05, 0.1) is 16.4 Å². The van der Waals surface area contributed by atoms with Crippen molar-refractivity contribution in [1.82, 2.24) is 0 Å². The van der Waals surface area contributed by atoms with Gasteiger partial charge in [0.25, 0.3) is 0 Å². The second-order valence-corrected chi connectivity index (χ2v) is 10.2. The van der Waals surface area contributed by atoms with E-state index in [0.29, 0.717) is 30.2 Å². The van der Waals surface area contributed by atoms with Crippen molar-refractivity contribution in [2.75, 3.05) is 0 Å². The number of carbonyl (C=O) groups is 1. The zero-order valence-corrected chi connectivity index (χ0v) is 21.3. The molecule has 3 rings (SSSR count). The summed E-state index contributed by atoms with van der Waals surface area (Å²) in [6.07, 6.45) is 9.04. The first-order chi connectivity index (χ1) is 15.9. The highest BCUT2D eigenvalue weighted by molar-refractivity contribution is 6.14. The predicted molar refractivity (Wildman–Crippen MR) is 140 cm³/mol. The molecule has 1 aliphatic rings. The van der Waals surface area contributed by atoms with Gasteiger partial charge in [-0.25, -0.2) is 0 Å². The second-order valence-electron chi connectivity index (χ2n) is 10.2. The lowest BCUT2D eigenvalue weighted by atomic mass is 9.66. The van der Waals surface area contributed by atoms with E-state index in [1.54, 1.807) is 6.07 Å². The average Bonchev–Trinajstić information content (AvgIpc) is 2.71. The molecule has 2 aromatic rings. The molecule has 0 unspecified atom stereocenters. The second kappa shape index (κ2) is 9.54. The maximum absolute atomic E-state index is 13.1. The van der Waals surface area contributed by atoms with Crippen LogP contribution < -0.4 is 0 Å². The molecule has 0 bridgehead atoms. The molecule has 0 aliphatic heterocycles. The summed E-state index contributed by atoms with van der Waals surface area (Å²) in [5.74, 6) is -0.736. The van der Waals surface area contributed by atoms with E-state index in [4.69, 9.17) is 0 Å². The normalized spacial score (nSPS) is 14.3. The molecule has 180 valence electrons. The maximum Gasteiger partial charge on any atom is 0.193 e. The molecular formula is C30H36O4. The summed E-state index contributed by atoms with van der Waals surface area (Å²) in [4.78, 5) is 13.1. The molecule has 0 atom stereocenters. The highest BCUT2D eigenvalue weighted by atomic mass is 16.3. The number of ketones is 1. The Balaban J connectivity index is 2.48. The number of phenolic OH excluding ortho intramolecular Hbond substituents is 2. The monoisotopic (exact) mass is 460 g/mol. The molecule has 0 heterocycles. The number of benzene rings is 2. The predicted octanol–water partition coefficient (Wildman–Crippen LogP) is 7.66. The fourth-order valence-electron chi connectivity index (χ4n) is 4.69. The van der Waals surface area contributed by atoms with E-state index >= 15 is 0 Å². The van der Waals surface area contributed by atoms with Crippen LogP contribution in [0.4, 0.5) is 0 Å². The fraction of sp³-hybridized carbons (Fsp3) is 0.367. The zero-order valence-electron chi connectivity index (χ0n) is 21.3. The first-order valence-corrected chi connectivity index (χ1v) is 11.8. The topological polar surface area (TPSA) is 77.8 Å². The van der Waals surface area contributed by atoms with Crippen LogP contribution in [0.3, 0.4) is 0 Å². The van der Waals surface area contributed by atoms with Gasteiger partial charge >= 0.3 is 0 Å². The molecule has 1 aliphatic carbocycles. The van der Waals surface area contributed by atoms with Gasteiger partial charge in [0.15, 0.2) is 5.78 Å². The van der Waals surface area contributed by atoms with Gasteiger partial charge in [0, 0.05) is 6.08 Å². The van der Waals surface area contributed by atoms with Crippen molar-refractivity contribution in [2.24, 2.45) is 0 Å². The first kappa shape index (κ1) is 25.4. The van der Waals surface area contributed by atoms with Crippen LogP contribution in [0.5, 0.6) is 11.5 Å². The molecule has 4 heteroatoms. The van der Waals surface area contributed by atoms with Crippen molar-refractivity contribution < 1.29 is 20.1 Å². The number of allylic oxidation sites excluding steroid dienone is 8. The number of phenols is 2. The Morgan fingerprint density at radius 1 is 0.882 bits per heavy atom. The minimum atomic E-state index is -0.892. The number of aryl methyl sites for hydroxylation is 1. The van der Waals surface area contributed by atoms with Gasteiger partial charge in [-0.05, 0) is 102 Å². The molecule has 0 aromatic heterocycles. The highest BCUT2D eigenvalue weighted by Gasteiger charge is 2.43. The molecular weight excluding hydrogens is 424 g/mol. The summed E-state index contributed by atoms with van der Waals surface area (Å²) in [7, 11) is 0. The third-order valence-electron chi connectivity index (χ3n) is 6.66. The van der Waals surface area contributed by atoms with Gasteiger partial charge in [0.1, 0.15) is 17.3 Å². The minimum Gasteiger partial charge on any atom is -0.511 e. The quantitative estimate of drug-likeness (QED) is 0.387. The summed E-state index contributed by atoms with van der Waals surface area (Å²) >= 11 is 0. The van der Waals surface area contributed by atoms with Gasteiger partial charge in [0.2, 0.25) is 0 Å². The molecule has 4 nitrogen and oxygen atoms in total. The molecule has 0 amide bonds. The van der Waals surface area contributed by atoms with Crippen molar-refractivity contribution in [3.63, 3.8) is 0 Å². The van der Waals surface area contributed by atoms with Gasteiger partial charge in [-0.1, -0.05) is 34.9 Å². The van der Waals surface area contributed by atoms with Crippen LogP contribution in [-0.4, -0.2) is 21.1 Å². The van der Waals surface area contributed by atoms with Crippen molar-refractivity contribution in [3.8, 4) is 11.5 Å². The largest absolute Gasteiger partial charge is 0.511 e. The van der Waals surface area contributed by atoms with Crippen LogP contribution in [0.2, 0.25) is 0 Å². The van der Waals surface area contributed by atoms with Crippen LogP contribution in [-0.2, 0) is 11.8 Å². The standard InChI is InChI=1S/C30H36O4/c1-17(2)8-9-21-20(7)14-24(31)27-22(21)15-23-28(29(27)34)25(32)16-26(33)30(23,12-10-18(3)4)13-11-19(5)6/h8,10-11,14-16,31,33-34H,9,12-13H2,1-7H3. The number of carbonyl (C=O) groups excluding carboxylic acids is 1. The van der Waals surface area contributed by atoms with E-state index in [1.807, 2.05) is 54.5 Å². The van der Waals surface area contributed by atoms with Crippen molar-refractivity contribution >= 4 is 16.6 Å². The fourth-order valence-corrected chi connectivity index (χ4v) is 4.69. The minimum absolute atomic E-state index is 0.00136. The SMILES string of the molecule is CC(C)=CCc1c(C)cc(O)c2c(O)c3c(cc12)C(CC=C(C)C)(CC=C(C)C)C(O)=CC3=O. The maximum atomic E-state index is 13.1. The Hall–Kier alpha value is -3.27. The van der Waals surface area contributed by atoms with E-state index in [0.717, 1.165) is 22.3 Å². The van der Waals surface area contributed by atoms with Crippen molar-refractivity contribution in [1.29, 1.82) is 0 Å². The lowest BCUT2D eigenvalue weighted by Gasteiger charge is -2.37. The molecule has 2 aromatic carbocycles. The number of aliphatic hydroxyl groups is 1. The van der Waals surface area contributed by atoms with Crippen LogP contribution in [0.15, 0.2) is 58.9 Å². The number of hydrogen-bond acceptors (Lipinski definition) is 4. The Morgan fingerprint density at radius 2 is 1.44 bits per heavy atom. The average molecular weight is 461 g/mol. The Morgan fingerprint density at radius 3 is 1.97 bits per heavy atom. The zero-order chi connectivity index (χ0) is 25.4. The summed E-state index contributed by atoms with van der Waals surface area (Å²) in [6, 6.07) is 3.55. The van der Waals surface area contributed by atoms with Crippen molar-refractivity contribution in [3.05, 3.63) is 81.2 Å². The van der Waals surface area contributed by atoms with Gasteiger partial charge < -0.3 is 15.3 Å². The Kier molecular flexibility index (Phi) is 7.11. The van der Waals surface area contributed by atoms with Gasteiger partial charge in [-0.3, -0.25) is 4.79 Å². The van der Waals surface area contributed by atoms with Gasteiger partial charge in [-0.15, -0.1) is 0 Å². The third kappa shape index (κ3) is 4.54. The van der Waals surface area contributed by atoms with Crippen LogP contribution >= 0.6 is 0 Å². The van der Waals surface area contributed by atoms with E-state index in [1.165, 1.54) is 11.6 Å². The van der Waals surface area contributed by atoms with Gasteiger partial charge in [-0.2, -0.15) is 0 Å². The molecule has 0 fully saturated rings. The third-order valence-corrected chi connectivity index (χ3v) is 6.66. The van der Waals surface area contributed by atoms with Crippen LogP contribution in [0.25, 0.3) is 10.8 Å². The summed E-state index contributed by atoms with van der Waals surface area (Å²) < 4.78 is 0. The molecule has 0 saturated carbocycles. The Bertz CT molecular complexity index is 1250. The van der Waals surface area contributed by atoms with Crippen molar-refractivity contribution in [2.45, 2.75) is 73.1 Å². The molecule has 0 saturated heterocycles. The first-order valence-electron chi connectivity index (χ1n) is 11.8. The molecule has 0 radical (unpaired) electrons. The molecule has 34 heavy (non-hydrogen) atoms.